The van der Waals surface area contributed by atoms with Gasteiger partial charge in [-0.3, -0.25) is 9.59 Å². The molecule has 1 heterocycles. The van der Waals surface area contributed by atoms with Crippen molar-refractivity contribution in [1.29, 1.82) is 0 Å². The number of rotatable bonds is 4. The Morgan fingerprint density at radius 3 is 2.40 bits per heavy atom. The van der Waals surface area contributed by atoms with E-state index in [1.165, 1.54) is 0 Å². The van der Waals surface area contributed by atoms with Crippen molar-refractivity contribution < 1.29 is 27.9 Å². The molecule has 0 radical (unpaired) electrons. The molecule has 4 nitrogen and oxygen atoms in total. The van der Waals surface area contributed by atoms with E-state index < -0.39 is 42.4 Å². The third-order valence-corrected chi connectivity index (χ3v) is 4.91. The van der Waals surface area contributed by atoms with Crippen LogP contribution in [0.3, 0.4) is 0 Å². The third-order valence-electron chi connectivity index (χ3n) is 4.67. The van der Waals surface area contributed by atoms with Crippen LogP contribution < -0.4 is 0 Å². The molecule has 0 saturated carbocycles. The summed E-state index contributed by atoms with van der Waals surface area (Å²) in [6.07, 6.45) is -5.56. The molecule has 1 N–H and O–H groups in total. The Bertz CT molecular complexity index is 677. The van der Waals surface area contributed by atoms with E-state index in [4.69, 9.17) is 16.7 Å². The lowest BCUT2D eigenvalue weighted by atomic mass is 9.85. The number of halogens is 4. The molecule has 1 aliphatic heterocycles. The number of aliphatic carboxylic acids is 1. The van der Waals surface area contributed by atoms with Gasteiger partial charge in [-0.1, -0.05) is 37.6 Å². The number of benzene rings is 1. The van der Waals surface area contributed by atoms with Crippen LogP contribution in [0.25, 0.3) is 0 Å². The highest BCUT2D eigenvalue weighted by molar-refractivity contribution is 6.30. The summed E-state index contributed by atoms with van der Waals surface area (Å²) in [5.74, 6) is -3.32. The Labute approximate surface area is 148 Å². The highest BCUT2D eigenvalue weighted by Gasteiger charge is 2.64. The Hall–Kier alpha value is -1.76. The van der Waals surface area contributed by atoms with Crippen LogP contribution in [0.4, 0.5) is 13.2 Å². The molecule has 1 aromatic rings. The lowest BCUT2D eigenvalue weighted by molar-refractivity contribution is -0.227. The number of hydrogen-bond acceptors (Lipinski definition) is 2. The molecule has 0 spiro atoms. The van der Waals surface area contributed by atoms with Gasteiger partial charge in [0.15, 0.2) is 5.41 Å². The standard InChI is InChI=1S/C17H19ClF3NO3/c1-10(2)13(11-4-3-5-12(18)8-11)14(23)22-7-6-16(9-22,15(24)25)17(19,20)21/h3-5,8,10,13H,6-7,9H2,1-2H3,(H,24,25). The third kappa shape index (κ3) is 3.61. The van der Waals surface area contributed by atoms with E-state index >= 15 is 0 Å². The summed E-state index contributed by atoms with van der Waals surface area (Å²) in [5.41, 5.74) is -2.30. The minimum Gasteiger partial charge on any atom is -0.481 e. The van der Waals surface area contributed by atoms with E-state index in [9.17, 15) is 22.8 Å². The van der Waals surface area contributed by atoms with E-state index in [1.54, 1.807) is 38.1 Å². The number of carboxylic acids is 1. The van der Waals surface area contributed by atoms with Crippen molar-refractivity contribution in [3.05, 3.63) is 34.9 Å². The minimum atomic E-state index is -4.92. The van der Waals surface area contributed by atoms with Gasteiger partial charge in [0.2, 0.25) is 5.91 Å². The second-order valence-electron chi connectivity index (χ2n) is 6.67. The fourth-order valence-corrected chi connectivity index (χ4v) is 3.43. The summed E-state index contributed by atoms with van der Waals surface area (Å²) < 4.78 is 39.9. The lowest BCUT2D eigenvalue weighted by Gasteiger charge is -2.30. The van der Waals surface area contributed by atoms with Crippen LogP contribution in [0.1, 0.15) is 31.7 Å². The number of likely N-dealkylation sites (tertiary alicyclic amines) is 1. The molecule has 8 heteroatoms. The SMILES string of the molecule is CC(C)C(C(=O)N1CCC(C(=O)O)(C(F)(F)F)C1)c1cccc(Cl)c1. The Balaban J connectivity index is 2.32. The van der Waals surface area contributed by atoms with Crippen LogP contribution in [0.2, 0.25) is 5.02 Å². The molecule has 0 aliphatic carbocycles. The van der Waals surface area contributed by atoms with Crippen molar-refractivity contribution in [3.63, 3.8) is 0 Å². The van der Waals surface area contributed by atoms with Crippen LogP contribution in [0.15, 0.2) is 24.3 Å². The van der Waals surface area contributed by atoms with Crippen molar-refractivity contribution in [2.75, 3.05) is 13.1 Å². The first-order valence-corrected chi connectivity index (χ1v) is 8.22. The molecule has 1 fully saturated rings. The Morgan fingerprint density at radius 1 is 1.32 bits per heavy atom. The Kier molecular flexibility index (Phi) is 5.37. The molecule has 25 heavy (non-hydrogen) atoms. The van der Waals surface area contributed by atoms with E-state index in [0.29, 0.717) is 10.6 Å². The predicted molar refractivity (Wildman–Crippen MR) is 86.4 cm³/mol. The van der Waals surface area contributed by atoms with Gasteiger partial charge < -0.3 is 10.0 Å². The van der Waals surface area contributed by atoms with Crippen molar-refractivity contribution in [3.8, 4) is 0 Å². The zero-order valence-corrected chi connectivity index (χ0v) is 14.6. The molecule has 1 amide bonds. The summed E-state index contributed by atoms with van der Waals surface area (Å²) in [4.78, 5) is 25.1. The summed E-state index contributed by atoms with van der Waals surface area (Å²) >= 11 is 5.95. The van der Waals surface area contributed by atoms with E-state index in [1.807, 2.05) is 0 Å². The van der Waals surface area contributed by atoms with Crippen LogP contribution in [0, 0.1) is 11.3 Å². The zero-order valence-electron chi connectivity index (χ0n) is 13.8. The van der Waals surface area contributed by atoms with Gasteiger partial charge in [-0.25, -0.2) is 0 Å². The van der Waals surface area contributed by atoms with Crippen molar-refractivity contribution in [2.45, 2.75) is 32.4 Å². The predicted octanol–water partition coefficient (Wildman–Crippen LogP) is 3.95. The summed E-state index contributed by atoms with van der Waals surface area (Å²) in [6, 6.07) is 6.61. The quantitative estimate of drug-likeness (QED) is 0.864. The van der Waals surface area contributed by atoms with Crippen molar-refractivity contribution >= 4 is 23.5 Å². The molecule has 1 aromatic carbocycles. The maximum absolute atomic E-state index is 13.3. The fraction of sp³-hybridized carbons (Fsp3) is 0.529. The monoisotopic (exact) mass is 377 g/mol. The summed E-state index contributed by atoms with van der Waals surface area (Å²) in [7, 11) is 0. The molecule has 1 aliphatic rings. The van der Waals surface area contributed by atoms with Crippen LogP contribution in [-0.4, -0.2) is 41.1 Å². The number of nitrogens with zero attached hydrogens (tertiary/aromatic N) is 1. The van der Waals surface area contributed by atoms with Gasteiger partial charge in [0.05, 0.1) is 5.92 Å². The fourth-order valence-electron chi connectivity index (χ4n) is 3.23. The number of carboxylic acid groups (broad SMARTS) is 1. The van der Waals surface area contributed by atoms with Crippen LogP contribution in [-0.2, 0) is 9.59 Å². The molecule has 1 saturated heterocycles. The van der Waals surface area contributed by atoms with Gasteiger partial charge >= 0.3 is 12.1 Å². The first-order valence-electron chi connectivity index (χ1n) is 7.84. The van der Waals surface area contributed by atoms with Gasteiger partial charge in [-0.15, -0.1) is 0 Å². The molecule has 0 aromatic heterocycles. The maximum atomic E-state index is 13.3. The van der Waals surface area contributed by atoms with Gasteiger partial charge in [0, 0.05) is 18.1 Å². The average molecular weight is 378 g/mol. The number of alkyl halides is 3. The molecule has 138 valence electrons. The first kappa shape index (κ1) is 19.6. The number of amides is 1. The van der Waals surface area contributed by atoms with Crippen LogP contribution in [0.5, 0.6) is 0 Å². The second kappa shape index (κ2) is 6.86. The highest BCUT2D eigenvalue weighted by atomic mass is 35.5. The van der Waals surface area contributed by atoms with E-state index in [2.05, 4.69) is 0 Å². The number of carbonyl (C=O) groups excluding carboxylic acids is 1. The summed E-state index contributed by atoms with van der Waals surface area (Å²) in [5, 5.41) is 9.55. The largest absolute Gasteiger partial charge is 0.481 e. The smallest absolute Gasteiger partial charge is 0.406 e. The van der Waals surface area contributed by atoms with E-state index in [-0.39, 0.29) is 12.5 Å². The lowest BCUT2D eigenvalue weighted by Crippen LogP contribution is -2.48. The van der Waals surface area contributed by atoms with Gasteiger partial charge in [0.1, 0.15) is 0 Å². The van der Waals surface area contributed by atoms with E-state index in [0.717, 1.165) is 4.90 Å². The molecular weight excluding hydrogens is 359 g/mol. The molecule has 2 rings (SSSR count). The Morgan fingerprint density at radius 2 is 1.96 bits per heavy atom. The number of hydrogen-bond donors (Lipinski definition) is 1. The minimum absolute atomic E-state index is 0.184. The molecular formula is C17H19ClF3NO3. The van der Waals surface area contributed by atoms with Crippen molar-refractivity contribution in [2.24, 2.45) is 11.3 Å². The van der Waals surface area contributed by atoms with Crippen molar-refractivity contribution in [1.82, 2.24) is 4.90 Å². The normalized spacial score (nSPS) is 22.3. The topological polar surface area (TPSA) is 57.6 Å². The summed E-state index contributed by atoms with van der Waals surface area (Å²) in [6.45, 7) is 2.46. The first-order chi connectivity index (χ1) is 11.5. The maximum Gasteiger partial charge on any atom is 0.406 e. The molecule has 2 atom stereocenters. The zero-order chi connectivity index (χ0) is 19.0. The second-order valence-corrected chi connectivity index (χ2v) is 7.11. The number of carbonyl (C=O) groups is 2. The molecule has 2 unspecified atom stereocenters. The van der Waals surface area contributed by atoms with Gasteiger partial charge in [0.25, 0.3) is 0 Å². The average Bonchev–Trinajstić information content (AvgIpc) is 2.93. The van der Waals surface area contributed by atoms with Gasteiger partial charge in [-0.05, 0) is 30.0 Å². The van der Waals surface area contributed by atoms with Gasteiger partial charge in [-0.2, -0.15) is 13.2 Å². The van der Waals surface area contributed by atoms with Crippen LogP contribution >= 0.6 is 11.6 Å². The molecule has 0 bridgehead atoms. The highest BCUT2D eigenvalue weighted by Crippen LogP contribution is 2.46.